The molecule has 2 aliphatic rings. The molecule has 0 radical (unpaired) electrons. The van der Waals surface area contributed by atoms with E-state index in [2.05, 4.69) is 5.32 Å². The monoisotopic (exact) mass is 408 g/mol. The van der Waals surface area contributed by atoms with Gasteiger partial charge in [-0.2, -0.15) is 0 Å². The van der Waals surface area contributed by atoms with Crippen molar-refractivity contribution in [3.63, 3.8) is 0 Å². The first-order valence-electron chi connectivity index (χ1n) is 10.0. The van der Waals surface area contributed by atoms with Crippen molar-refractivity contribution < 1.29 is 23.8 Å². The molecule has 30 heavy (non-hydrogen) atoms. The molecule has 0 saturated carbocycles. The van der Waals surface area contributed by atoms with Crippen LogP contribution >= 0.6 is 0 Å². The first-order chi connectivity index (χ1) is 14.6. The lowest BCUT2D eigenvalue weighted by Crippen LogP contribution is -2.30. The number of fused-ring (bicyclic) bond motifs is 1. The zero-order chi connectivity index (χ0) is 20.9. The number of nitrogens with zero attached hydrogens (tertiary/aromatic N) is 1. The standard InChI is InChI=1S/C23H24N2O5/c1-2-28-19-7-5-18(6-8-19)25-14-17(12-23(25)27)13-24-22(26)10-4-16-3-9-20-21(11-16)30-15-29-20/h3-11,17H,2,12-15H2,1H3,(H,24,26)/b10-4-. The second kappa shape index (κ2) is 8.90. The molecule has 1 N–H and O–H groups in total. The van der Waals surface area contributed by atoms with E-state index in [1.165, 1.54) is 6.08 Å². The predicted molar refractivity (Wildman–Crippen MR) is 113 cm³/mol. The van der Waals surface area contributed by atoms with Gasteiger partial charge in [0.2, 0.25) is 18.6 Å². The van der Waals surface area contributed by atoms with Gasteiger partial charge >= 0.3 is 0 Å². The van der Waals surface area contributed by atoms with Gasteiger partial charge in [0.15, 0.2) is 11.5 Å². The average Bonchev–Trinajstić information content (AvgIpc) is 3.37. The SMILES string of the molecule is CCOc1ccc(N2CC(CNC(=O)/C=C\c3ccc4c(c3)OCO4)CC2=O)cc1. The number of carbonyl (C=O) groups excluding carboxylic acids is 2. The van der Waals surface area contributed by atoms with Crippen LogP contribution in [-0.4, -0.2) is 38.3 Å². The van der Waals surface area contributed by atoms with Gasteiger partial charge in [-0.15, -0.1) is 0 Å². The molecule has 0 aromatic heterocycles. The lowest BCUT2D eigenvalue weighted by Gasteiger charge is -2.17. The van der Waals surface area contributed by atoms with Crippen molar-refractivity contribution in [2.24, 2.45) is 5.92 Å². The van der Waals surface area contributed by atoms with Gasteiger partial charge in [-0.25, -0.2) is 0 Å². The number of benzene rings is 2. The summed E-state index contributed by atoms with van der Waals surface area (Å²) in [5.41, 5.74) is 1.70. The fraction of sp³-hybridized carbons (Fsp3) is 0.304. The number of nitrogens with one attached hydrogen (secondary N) is 1. The van der Waals surface area contributed by atoms with Crippen molar-refractivity contribution in [2.45, 2.75) is 13.3 Å². The van der Waals surface area contributed by atoms with Crippen LogP contribution in [0.25, 0.3) is 6.08 Å². The molecule has 4 rings (SSSR count). The van der Waals surface area contributed by atoms with E-state index in [4.69, 9.17) is 14.2 Å². The second-order valence-electron chi connectivity index (χ2n) is 7.19. The van der Waals surface area contributed by atoms with Gasteiger partial charge in [0.1, 0.15) is 5.75 Å². The van der Waals surface area contributed by atoms with Crippen molar-refractivity contribution in [1.82, 2.24) is 5.32 Å². The molecule has 1 fully saturated rings. The van der Waals surface area contributed by atoms with E-state index in [9.17, 15) is 9.59 Å². The van der Waals surface area contributed by atoms with E-state index in [0.717, 1.165) is 17.0 Å². The van der Waals surface area contributed by atoms with Crippen LogP contribution in [0.15, 0.2) is 48.5 Å². The molecule has 0 spiro atoms. The smallest absolute Gasteiger partial charge is 0.244 e. The summed E-state index contributed by atoms with van der Waals surface area (Å²) in [6.07, 6.45) is 3.63. The highest BCUT2D eigenvalue weighted by Gasteiger charge is 2.30. The lowest BCUT2D eigenvalue weighted by molar-refractivity contribution is -0.118. The lowest BCUT2D eigenvalue weighted by atomic mass is 10.1. The largest absolute Gasteiger partial charge is 0.494 e. The summed E-state index contributed by atoms with van der Waals surface area (Å²) in [6, 6.07) is 13.0. The first-order valence-corrected chi connectivity index (χ1v) is 10.0. The van der Waals surface area contributed by atoms with E-state index in [0.29, 0.717) is 37.6 Å². The van der Waals surface area contributed by atoms with Crippen LogP contribution in [0.5, 0.6) is 17.2 Å². The number of rotatable bonds is 7. The molecule has 0 aliphatic carbocycles. The van der Waals surface area contributed by atoms with Gasteiger partial charge in [-0.05, 0) is 55.0 Å². The van der Waals surface area contributed by atoms with Gasteiger partial charge in [0, 0.05) is 37.2 Å². The molecule has 1 unspecified atom stereocenters. The average molecular weight is 408 g/mol. The highest BCUT2D eigenvalue weighted by atomic mass is 16.7. The minimum absolute atomic E-state index is 0.0642. The summed E-state index contributed by atoms with van der Waals surface area (Å²) in [5, 5.41) is 2.89. The van der Waals surface area contributed by atoms with Gasteiger partial charge < -0.3 is 24.4 Å². The second-order valence-corrected chi connectivity index (χ2v) is 7.19. The minimum atomic E-state index is -0.195. The Morgan fingerprint density at radius 3 is 2.80 bits per heavy atom. The van der Waals surface area contributed by atoms with E-state index in [1.54, 1.807) is 11.0 Å². The number of ether oxygens (including phenoxy) is 3. The van der Waals surface area contributed by atoms with Gasteiger partial charge in [-0.1, -0.05) is 6.07 Å². The Balaban J connectivity index is 1.27. The first kappa shape index (κ1) is 19.8. The van der Waals surface area contributed by atoms with Crippen LogP contribution in [0.3, 0.4) is 0 Å². The Morgan fingerprint density at radius 1 is 1.20 bits per heavy atom. The van der Waals surface area contributed by atoms with Crippen LogP contribution in [0.1, 0.15) is 18.9 Å². The van der Waals surface area contributed by atoms with Crippen LogP contribution in [-0.2, 0) is 9.59 Å². The Morgan fingerprint density at radius 2 is 2.00 bits per heavy atom. The summed E-state index contributed by atoms with van der Waals surface area (Å²) in [5.74, 6) is 2.11. The van der Waals surface area contributed by atoms with Crippen molar-refractivity contribution in [1.29, 1.82) is 0 Å². The van der Waals surface area contributed by atoms with Crippen molar-refractivity contribution in [3.8, 4) is 17.2 Å². The van der Waals surface area contributed by atoms with Crippen molar-refractivity contribution in [3.05, 3.63) is 54.1 Å². The van der Waals surface area contributed by atoms with E-state index in [1.807, 2.05) is 49.4 Å². The van der Waals surface area contributed by atoms with E-state index >= 15 is 0 Å². The Bertz CT molecular complexity index is 955. The zero-order valence-corrected chi connectivity index (χ0v) is 16.8. The fourth-order valence-electron chi connectivity index (χ4n) is 3.55. The number of amides is 2. The molecule has 2 aliphatic heterocycles. The van der Waals surface area contributed by atoms with Gasteiger partial charge in [0.05, 0.1) is 6.61 Å². The number of hydrogen-bond acceptors (Lipinski definition) is 5. The molecular weight excluding hydrogens is 384 g/mol. The molecule has 2 amide bonds. The van der Waals surface area contributed by atoms with Crippen LogP contribution < -0.4 is 24.4 Å². The number of hydrogen-bond donors (Lipinski definition) is 1. The van der Waals surface area contributed by atoms with Gasteiger partial charge in [0.25, 0.3) is 0 Å². The van der Waals surface area contributed by atoms with Gasteiger partial charge in [-0.3, -0.25) is 9.59 Å². The molecule has 0 bridgehead atoms. The van der Waals surface area contributed by atoms with E-state index in [-0.39, 0.29) is 24.5 Å². The normalized spacial score (nSPS) is 17.6. The predicted octanol–water partition coefficient (Wildman–Crippen LogP) is 3.00. The summed E-state index contributed by atoms with van der Waals surface area (Å²) >= 11 is 0. The van der Waals surface area contributed by atoms with Crippen molar-refractivity contribution in [2.75, 3.05) is 31.4 Å². The highest BCUT2D eigenvalue weighted by molar-refractivity contribution is 5.96. The maximum atomic E-state index is 12.4. The zero-order valence-electron chi connectivity index (χ0n) is 16.8. The molecule has 2 heterocycles. The third kappa shape index (κ3) is 4.56. The Kier molecular flexibility index (Phi) is 5.88. The molecule has 2 aromatic carbocycles. The molecule has 7 nitrogen and oxygen atoms in total. The third-order valence-electron chi connectivity index (χ3n) is 5.05. The summed E-state index contributed by atoms with van der Waals surface area (Å²) in [4.78, 5) is 26.3. The Hall–Kier alpha value is -3.48. The highest BCUT2D eigenvalue weighted by Crippen LogP contribution is 2.32. The van der Waals surface area contributed by atoms with Crippen LogP contribution in [0, 0.1) is 5.92 Å². The molecular formula is C23H24N2O5. The molecule has 7 heteroatoms. The molecule has 2 aromatic rings. The number of anilines is 1. The quantitative estimate of drug-likeness (QED) is 0.713. The van der Waals surface area contributed by atoms with Crippen molar-refractivity contribution >= 4 is 23.6 Å². The van der Waals surface area contributed by atoms with Crippen LogP contribution in [0.4, 0.5) is 5.69 Å². The number of carbonyl (C=O) groups is 2. The molecule has 1 saturated heterocycles. The summed E-state index contributed by atoms with van der Waals surface area (Å²) in [6.45, 7) is 3.79. The summed E-state index contributed by atoms with van der Waals surface area (Å²) < 4.78 is 16.1. The third-order valence-corrected chi connectivity index (χ3v) is 5.05. The molecule has 1 atom stereocenters. The fourth-order valence-corrected chi connectivity index (χ4v) is 3.55. The summed E-state index contributed by atoms with van der Waals surface area (Å²) in [7, 11) is 0. The van der Waals surface area contributed by atoms with E-state index < -0.39 is 0 Å². The molecule has 156 valence electrons. The van der Waals surface area contributed by atoms with Crippen LogP contribution in [0.2, 0.25) is 0 Å². The topological polar surface area (TPSA) is 77.1 Å². The minimum Gasteiger partial charge on any atom is -0.494 e. The maximum absolute atomic E-state index is 12.4. The Labute approximate surface area is 175 Å². The maximum Gasteiger partial charge on any atom is 0.244 e.